The molecule has 1 N–H and O–H groups in total. The summed E-state index contributed by atoms with van der Waals surface area (Å²) in [6.45, 7) is 4.78. The number of nitrogens with zero attached hydrogens (tertiary/aromatic N) is 2. The summed E-state index contributed by atoms with van der Waals surface area (Å²) in [6.07, 6.45) is 11.2. The van der Waals surface area contributed by atoms with Crippen LogP contribution in [0.4, 0.5) is 0 Å². The molecule has 0 aromatic carbocycles. The Kier molecular flexibility index (Phi) is 4.33. The molecule has 3 saturated carbocycles. The molecule has 0 spiro atoms. The lowest BCUT2D eigenvalue weighted by molar-refractivity contribution is 0.114. The van der Waals surface area contributed by atoms with Crippen LogP contribution in [-0.2, 0) is 0 Å². The summed E-state index contributed by atoms with van der Waals surface area (Å²) in [5.74, 6) is 0.955. The largest absolute Gasteiger partial charge is 0.300 e. The van der Waals surface area contributed by atoms with Crippen LogP contribution in [0.5, 0.6) is 0 Å². The molecule has 3 heteroatoms. The molecule has 20 heavy (non-hydrogen) atoms. The van der Waals surface area contributed by atoms with Gasteiger partial charge in [0, 0.05) is 18.6 Å². The normalized spacial score (nSPS) is 34.1. The Hall–Kier alpha value is -0.590. The minimum absolute atomic E-state index is 0.223. The zero-order chi connectivity index (χ0) is 14.0. The fourth-order valence-corrected chi connectivity index (χ4v) is 3.78. The Balaban J connectivity index is 1.63. The van der Waals surface area contributed by atoms with Crippen LogP contribution in [0.25, 0.3) is 0 Å². The molecule has 0 aliphatic heterocycles. The van der Waals surface area contributed by atoms with Crippen molar-refractivity contribution in [1.29, 1.82) is 5.26 Å². The molecule has 0 radical (unpaired) electrons. The lowest BCUT2D eigenvalue weighted by Gasteiger charge is -2.42. The first-order valence-electron chi connectivity index (χ1n) is 8.67. The van der Waals surface area contributed by atoms with Crippen molar-refractivity contribution in [3.8, 4) is 6.07 Å². The first-order valence-corrected chi connectivity index (χ1v) is 8.67. The molecular weight excluding hydrogens is 246 g/mol. The fourth-order valence-electron chi connectivity index (χ4n) is 3.78. The van der Waals surface area contributed by atoms with Crippen molar-refractivity contribution in [3.05, 3.63) is 0 Å². The van der Waals surface area contributed by atoms with E-state index >= 15 is 0 Å². The van der Waals surface area contributed by atoms with Crippen molar-refractivity contribution < 1.29 is 0 Å². The summed E-state index contributed by atoms with van der Waals surface area (Å²) in [6, 6.07) is 3.92. The Morgan fingerprint density at radius 2 is 2.05 bits per heavy atom. The van der Waals surface area contributed by atoms with Crippen LogP contribution in [0.3, 0.4) is 0 Å². The first-order chi connectivity index (χ1) is 9.74. The highest BCUT2D eigenvalue weighted by Gasteiger charge is 2.42. The first kappa shape index (κ1) is 14.4. The molecule has 0 amide bonds. The van der Waals surface area contributed by atoms with Crippen LogP contribution in [0.2, 0.25) is 0 Å². The molecule has 0 aromatic heterocycles. The van der Waals surface area contributed by atoms with E-state index in [2.05, 4.69) is 23.2 Å². The van der Waals surface area contributed by atoms with E-state index in [9.17, 15) is 5.26 Å². The highest BCUT2D eigenvalue weighted by Crippen LogP contribution is 2.37. The average molecular weight is 275 g/mol. The number of nitriles is 1. The van der Waals surface area contributed by atoms with Gasteiger partial charge in [-0.15, -0.1) is 0 Å². The summed E-state index contributed by atoms with van der Waals surface area (Å²) in [4.78, 5) is 2.71. The fraction of sp³-hybridized carbons (Fsp3) is 0.941. The van der Waals surface area contributed by atoms with E-state index in [-0.39, 0.29) is 5.54 Å². The maximum atomic E-state index is 9.71. The molecule has 3 fully saturated rings. The van der Waals surface area contributed by atoms with Gasteiger partial charge < -0.3 is 4.90 Å². The van der Waals surface area contributed by atoms with E-state index in [1.54, 1.807) is 0 Å². The molecule has 3 aliphatic rings. The highest BCUT2D eigenvalue weighted by atomic mass is 15.2. The number of hydrogen-bond donors (Lipinski definition) is 1. The van der Waals surface area contributed by atoms with Crippen LogP contribution in [0, 0.1) is 17.2 Å². The summed E-state index contributed by atoms with van der Waals surface area (Å²) in [5.41, 5.74) is -0.223. The van der Waals surface area contributed by atoms with Crippen molar-refractivity contribution >= 4 is 0 Å². The molecule has 3 rings (SSSR count). The Bertz CT molecular complexity index is 367. The maximum Gasteiger partial charge on any atom is 0.108 e. The Morgan fingerprint density at radius 1 is 1.25 bits per heavy atom. The Labute approximate surface area is 123 Å². The number of hydrogen-bond acceptors (Lipinski definition) is 3. The molecule has 0 heterocycles. The molecule has 2 atom stereocenters. The molecular formula is C17H29N3. The molecule has 3 nitrogen and oxygen atoms in total. The van der Waals surface area contributed by atoms with Gasteiger partial charge >= 0.3 is 0 Å². The smallest absolute Gasteiger partial charge is 0.108 e. The lowest BCUT2D eigenvalue weighted by atomic mass is 9.79. The van der Waals surface area contributed by atoms with Crippen LogP contribution < -0.4 is 5.32 Å². The van der Waals surface area contributed by atoms with E-state index in [1.807, 2.05) is 0 Å². The third-order valence-electron chi connectivity index (χ3n) is 5.21. The minimum Gasteiger partial charge on any atom is -0.300 e. The number of nitrogens with one attached hydrogen (secondary N) is 1. The summed E-state index contributed by atoms with van der Waals surface area (Å²) in [5, 5.41) is 13.4. The van der Waals surface area contributed by atoms with Gasteiger partial charge in [0.1, 0.15) is 5.54 Å². The van der Waals surface area contributed by atoms with E-state index in [1.165, 1.54) is 58.0 Å². The summed E-state index contributed by atoms with van der Waals surface area (Å²) >= 11 is 0. The van der Waals surface area contributed by atoms with Crippen molar-refractivity contribution in [3.63, 3.8) is 0 Å². The molecule has 0 bridgehead atoms. The summed E-state index contributed by atoms with van der Waals surface area (Å²) in [7, 11) is 0. The standard InChI is InChI=1S/C17H29N3/c1-2-10-20(12-14-5-6-14)16-4-3-9-17(11-16,13-18)19-15-7-8-15/h14-16,19H,2-12H2,1H3. The van der Waals surface area contributed by atoms with Crippen molar-refractivity contribution in [1.82, 2.24) is 10.2 Å². The van der Waals surface area contributed by atoms with Crippen molar-refractivity contribution in [2.45, 2.75) is 82.3 Å². The molecule has 0 saturated heterocycles. The van der Waals surface area contributed by atoms with Gasteiger partial charge in [-0.05, 0) is 70.3 Å². The van der Waals surface area contributed by atoms with E-state index in [4.69, 9.17) is 0 Å². The van der Waals surface area contributed by atoms with Crippen LogP contribution in [0.15, 0.2) is 0 Å². The zero-order valence-electron chi connectivity index (χ0n) is 12.9. The second kappa shape index (κ2) is 6.03. The second-order valence-corrected chi connectivity index (χ2v) is 7.30. The van der Waals surface area contributed by atoms with Gasteiger partial charge in [-0.25, -0.2) is 0 Å². The third-order valence-corrected chi connectivity index (χ3v) is 5.21. The average Bonchev–Trinajstić information content (AvgIpc) is 3.35. The maximum absolute atomic E-state index is 9.71. The van der Waals surface area contributed by atoms with E-state index in [0.29, 0.717) is 12.1 Å². The van der Waals surface area contributed by atoms with Gasteiger partial charge in [0.25, 0.3) is 0 Å². The second-order valence-electron chi connectivity index (χ2n) is 7.30. The van der Waals surface area contributed by atoms with Gasteiger partial charge in [-0.3, -0.25) is 5.32 Å². The van der Waals surface area contributed by atoms with E-state index in [0.717, 1.165) is 18.8 Å². The Morgan fingerprint density at radius 3 is 2.65 bits per heavy atom. The van der Waals surface area contributed by atoms with Gasteiger partial charge in [-0.2, -0.15) is 5.26 Å². The predicted molar refractivity (Wildman–Crippen MR) is 81.3 cm³/mol. The zero-order valence-corrected chi connectivity index (χ0v) is 12.9. The SMILES string of the molecule is CCCN(CC1CC1)C1CCCC(C#N)(NC2CC2)C1. The predicted octanol–water partition coefficient (Wildman–Crippen LogP) is 3.07. The summed E-state index contributed by atoms with van der Waals surface area (Å²) < 4.78 is 0. The highest BCUT2D eigenvalue weighted by molar-refractivity contribution is 5.13. The van der Waals surface area contributed by atoms with Crippen LogP contribution in [-0.4, -0.2) is 35.6 Å². The molecule has 0 aromatic rings. The lowest BCUT2D eigenvalue weighted by Crippen LogP contribution is -2.54. The molecule has 112 valence electrons. The van der Waals surface area contributed by atoms with Crippen molar-refractivity contribution in [2.24, 2.45) is 5.92 Å². The van der Waals surface area contributed by atoms with Crippen LogP contribution >= 0.6 is 0 Å². The molecule has 3 aliphatic carbocycles. The van der Waals surface area contributed by atoms with Gasteiger partial charge in [0.15, 0.2) is 0 Å². The topological polar surface area (TPSA) is 39.1 Å². The third kappa shape index (κ3) is 3.54. The monoisotopic (exact) mass is 275 g/mol. The number of rotatable bonds is 7. The van der Waals surface area contributed by atoms with Gasteiger partial charge in [0.05, 0.1) is 6.07 Å². The minimum atomic E-state index is -0.223. The quantitative estimate of drug-likeness (QED) is 0.776. The van der Waals surface area contributed by atoms with Gasteiger partial charge in [-0.1, -0.05) is 6.92 Å². The van der Waals surface area contributed by atoms with Gasteiger partial charge in [0.2, 0.25) is 0 Å². The van der Waals surface area contributed by atoms with Crippen LogP contribution in [0.1, 0.15) is 64.7 Å². The van der Waals surface area contributed by atoms with E-state index < -0.39 is 0 Å². The molecule has 2 unspecified atom stereocenters. The van der Waals surface area contributed by atoms with Crippen molar-refractivity contribution in [2.75, 3.05) is 13.1 Å².